The number of aromatic nitrogens is 4. The van der Waals surface area contributed by atoms with Gasteiger partial charge in [0.2, 0.25) is 5.91 Å². The minimum Gasteiger partial charge on any atom is -0.350 e. The third-order valence-corrected chi connectivity index (χ3v) is 3.38. The van der Waals surface area contributed by atoms with E-state index in [1.54, 1.807) is 17.9 Å². The Morgan fingerprint density at radius 2 is 2.00 bits per heavy atom. The second kappa shape index (κ2) is 6.80. The summed E-state index contributed by atoms with van der Waals surface area (Å²) < 4.78 is 52.9. The summed E-state index contributed by atoms with van der Waals surface area (Å²) in [6.45, 7) is 1.41. The van der Waals surface area contributed by atoms with E-state index in [1.807, 2.05) is 6.92 Å². The fourth-order valence-corrected chi connectivity index (χ4v) is 1.96. The lowest BCUT2D eigenvalue weighted by molar-refractivity contribution is -0.122. The summed E-state index contributed by atoms with van der Waals surface area (Å²) in [5.41, 5.74) is 0.116. The molecule has 2 heterocycles. The quantitative estimate of drug-likeness (QED) is 0.824. The van der Waals surface area contributed by atoms with Crippen molar-refractivity contribution < 1.29 is 22.4 Å². The van der Waals surface area contributed by atoms with Crippen LogP contribution in [0.4, 0.5) is 17.6 Å². The Hall–Kier alpha value is -2.39. The van der Waals surface area contributed by atoms with Gasteiger partial charge in [-0.05, 0) is 13.0 Å². The van der Waals surface area contributed by atoms with Crippen molar-refractivity contribution in [1.82, 2.24) is 24.9 Å². The fourth-order valence-electron chi connectivity index (χ4n) is 1.96. The second-order valence-electron chi connectivity index (χ2n) is 4.91. The van der Waals surface area contributed by atoms with Crippen LogP contribution in [0, 0.1) is 6.92 Å². The van der Waals surface area contributed by atoms with Crippen molar-refractivity contribution in [3.8, 4) is 0 Å². The summed E-state index contributed by atoms with van der Waals surface area (Å²) in [5.74, 6) is -0.612. The van der Waals surface area contributed by atoms with E-state index in [9.17, 15) is 22.4 Å². The van der Waals surface area contributed by atoms with Gasteiger partial charge in [-0.2, -0.15) is 10.2 Å². The molecule has 23 heavy (non-hydrogen) atoms. The number of aryl methyl sites for hydroxylation is 1. The molecule has 0 aliphatic heterocycles. The van der Waals surface area contributed by atoms with E-state index >= 15 is 0 Å². The highest BCUT2D eigenvalue weighted by molar-refractivity contribution is 5.75. The van der Waals surface area contributed by atoms with Crippen molar-refractivity contribution in [3.05, 3.63) is 34.9 Å². The normalized spacial score (nSPS) is 11.5. The van der Waals surface area contributed by atoms with E-state index in [0.717, 1.165) is 11.3 Å². The monoisotopic (exact) mass is 333 g/mol. The van der Waals surface area contributed by atoms with Crippen molar-refractivity contribution in [1.29, 1.82) is 0 Å². The number of carbonyl (C=O) groups is 1. The maximum atomic E-state index is 12.8. The molecule has 0 aliphatic rings. The predicted octanol–water partition coefficient (Wildman–Crippen LogP) is 2.12. The molecule has 2 rings (SSSR count). The van der Waals surface area contributed by atoms with E-state index < -0.39 is 36.7 Å². The van der Waals surface area contributed by atoms with E-state index in [1.165, 1.54) is 0 Å². The van der Waals surface area contributed by atoms with Crippen LogP contribution in [-0.2, 0) is 24.9 Å². The first-order valence-electron chi connectivity index (χ1n) is 6.67. The van der Waals surface area contributed by atoms with Gasteiger partial charge in [-0.15, -0.1) is 0 Å². The number of amides is 1. The molecule has 0 spiro atoms. The molecule has 0 fully saturated rings. The van der Waals surface area contributed by atoms with Gasteiger partial charge in [0.15, 0.2) is 0 Å². The average Bonchev–Trinajstić information content (AvgIpc) is 3.03. The Balaban J connectivity index is 2.03. The van der Waals surface area contributed by atoms with Gasteiger partial charge >= 0.3 is 0 Å². The van der Waals surface area contributed by atoms with Crippen LogP contribution < -0.4 is 5.32 Å². The topological polar surface area (TPSA) is 64.7 Å². The molecule has 2 aromatic heterocycles. The van der Waals surface area contributed by atoms with Crippen molar-refractivity contribution in [2.45, 2.75) is 32.9 Å². The van der Waals surface area contributed by atoms with Crippen molar-refractivity contribution in [2.24, 2.45) is 7.05 Å². The van der Waals surface area contributed by atoms with Gasteiger partial charge in [0.05, 0.1) is 6.20 Å². The Bertz CT molecular complexity index is 695. The Morgan fingerprint density at radius 1 is 1.30 bits per heavy atom. The SMILES string of the molecule is Cc1c(CNC(=O)Cn2nc(C(F)F)cc2C(F)F)cnn1C. The van der Waals surface area contributed by atoms with Gasteiger partial charge in [-0.3, -0.25) is 14.2 Å². The fraction of sp³-hybridized carbons (Fsp3) is 0.462. The lowest BCUT2D eigenvalue weighted by Gasteiger charge is -2.08. The van der Waals surface area contributed by atoms with Gasteiger partial charge in [-0.25, -0.2) is 17.6 Å². The minimum atomic E-state index is -3.00. The van der Waals surface area contributed by atoms with Gasteiger partial charge in [0.1, 0.15) is 17.9 Å². The van der Waals surface area contributed by atoms with Gasteiger partial charge in [-0.1, -0.05) is 0 Å². The highest BCUT2D eigenvalue weighted by Gasteiger charge is 2.22. The van der Waals surface area contributed by atoms with E-state index in [-0.39, 0.29) is 6.54 Å². The zero-order valence-electron chi connectivity index (χ0n) is 12.4. The lowest BCUT2D eigenvalue weighted by Crippen LogP contribution is -2.28. The molecule has 0 unspecified atom stereocenters. The minimum absolute atomic E-state index is 0.158. The van der Waals surface area contributed by atoms with E-state index in [0.29, 0.717) is 10.7 Å². The molecule has 1 amide bonds. The summed E-state index contributed by atoms with van der Waals surface area (Å²) in [6.07, 6.45) is -4.40. The van der Waals surface area contributed by atoms with Crippen LogP contribution in [0.15, 0.2) is 12.3 Å². The van der Waals surface area contributed by atoms with E-state index in [2.05, 4.69) is 15.5 Å². The highest BCUT2D eigenvalue weighted by atomic mass is 19.3. The molecule has 0 atom stereocenters. The molecule has 0 radical (unpaired) electrons. The summed E-state index contributed by atoms with van der Waals surface area (Å²) in [4.78, 5) is 11.8. The third-order valence-electron chi connectivity index (χ3n) is 3.38. The van der Waals surface area contributed by atoms with E-state index in [4.69, 9.17) is 0 Å². The summed E-state index contributed by atoms with van der Waals surface area (Å²) in [7, 11) is 1.74. The van der Waals surface area contributed by atoms with Crippen molar-refractivity contribution in [2.75, 3.05) is 0 Å². The molecule has 126 valence electrons. The molecule has 1 N–H and O–H groups in total. The number of rotatable bonds is 6. The van der Waals surface area contributed by atoms with Crippen LogP contribution in [-0.4, -0.2) is 25.5 Å². The average molecular weight is 333 g/mol. The smallest absolute Gasteiger partial charge is 0.282 e. The van der Waals surface area contributed by atoms with Crippen LogP contribution in [0.2, 0.25) is 0 Å². The molecule has 0 aliphatic carbocycles. The number of hydrogen-bond donors (Lipinski definition) is 1. The first kappa shape index (κ1) is 17.0. The molecule has 0 aromatic carbocycles. The number of carbonyl (C=O) groups excluding carboxylic acids is 1. The molecular formula is C13H15F4N5O. The molecule has 0 saturated carbocycles. The summed E-state index contributed by atoms with van der Waals surface area (Å²) in [6, 6.07) is 0.605. The molecular weight excluding hydrogens is 318 g/mol. The number of hydrogen-bond acceptors (Lipinski definition) is 3. The first-order chi connectivity index (χ1) is 10.8. The standard InChI is InChI=1S/C13H15F4N5O/c1-7-8(5-19-21(7)2)4-18-11(23)6-22-10(13(16)17)3-9(20-22)12(14)15/h3,5,12-13H,4,6H2,1-2H3,(H,18,23). The van der Waals surface area contributed by atoms with Gasteiger partial charge in [0, 0.05) is 24.8 Å². The van der Waals surface area contributed by atoms with Crippen LogP contribution in [0.5, 0.6) is 0 Å². The van der Waals surface area contributed by atoms with Crippen LogP contribution in [0.1, 0.15) is 35.5 Å². The highest BCUT2D eigenvalue weighted by Crippen LogP contribution is 2.24. The third kappa shape index (κ3) is 3.88. The number of nitrogens with zero attached hydrogens (tertiary/aromatic N) is 4. The zero-order chi connectivity index (χ0) is 17.1. The number of nitrogens with one attached hydrogen (secondary N) is 1. The van der Waals surface area contributed by atoms with Gasteiger partial charge < -0.3 is 5.32 Å². The summed E-state index contributed by atoms with van der Waals surface area (Å²) in [5, 5.41) is 9.88. The predicted molar refractivity (Wildman–Crippen MR) is 71.9 cm³/mol. The lowest BCUT2D eigenvalue weighted by atomic mass is 10.2. The summed E-state index contributed by atoms with van der Waals surface area (Å²) >= 11 is 0. The largest absolute Gasteiger partial charge is 0.350 e. The van der Waals surface area contributed by atoms with Crippen LogP contribution in [0.3, 0.4) is 0 Å². The molecule has 0 saturated heterocycles. The first-order valence-corrected chi connectivity index (χ1v) is 6.67. The molecule has 6 nitrogen and oxygen atoms in total. The van der Waals surface area contributed by atoms with Crippen LogP contribution >= 0.6 is 0 Å². The maximum absolute atomic E-state index is 12.8. The Kier molecular flexibility index (Phi) is 5.02. The second-order valence-corrected chi connectivity index (χ2v) is 4.91. The van der Waals surface area contributed by atoms with Crippen molar-refractivity contribution >= 4 is 5.91 Å². The van der Waals surface area contributed by atoms with Crippen molar-refractivity contribution in [3.63, 3.8) is 0 Å². The maximum Gasteiger partial charge on any atom is 0.282 e. The molecule has 10 heteroatoms. The zero-order valence-corrected chi connectivity index (χ0v) is 12.4. The Morgan fingerprint density at radius 3 is 2.52 bits per heavy atom. The van der Waals surface area contributed by atoms with Crippen LogP contribution in [0.25, 0.3) is 0 Å². The number of alkyl halides is 4. The van der Waals surface area contributed by atoms with Gasteiger partial charge in [0.25, 0.3) is 12.9 Å². The Labute approximate surface area is 129 Å². The molecule has 2 aromatic rings. The number of halogens is 4. The molecule has 0 bridgehead atoms.